The second kappa shape index (κ2) is 18.8. The molecule has 1 aliphatic rings. The lowest BCUT2D eigenvalue weighted by Gasteiger charge is -2.36. The molecule has 1 fully saturated rings. The van der Waals surface area contributed by atoms with Gasteiger partial charge in [-0.05, 0) is 77.1 Å². The molecule has 6 aromatic rings. The lowest BCUT2D eigenvalue weighted by molar-refractivity contribution is -0.114. The summed E-state index contributed by atoms with van der Waals surface area (Å²) in [5.74, 6) is 0.0269. The average molecular weight is 833 g/mol. The molecule has 4 atom stereocenters. The molecule has 310 valence electrons. The van der Waals surface area contributed by atoms with Gasteiger partial charge in [-0.2, -0.15) is 9.97 Å². The summed E-state index contributed by atoms with van der Waals surface area (Å²) in [6.07, 6.45) is 0.0526. The van der Waals surface area contributed by atoms with Crippen LogP contribution < -0.4 is 16.0 Å². The molecule has 0 spiro atoms. The second-order valence-electron chi connectivity index (χ2n) is 14.4. The summed E-state index contributed by atoms with van der Waals surface area (Å²) >= 11 is 0. The van der Waals surface area contributed by atoms with Crippen molar-refractivity contribution in [2.24, 2.45) is 0 Å². The molecule has 0 saturated carbocycles. The summed E-state index contributed by atoms with van der Waals surface area (Å²) in [5, 5.41) is 17.5. The standard InChI is InChI=1S/C42H46N11O6P/c1-25(2)53(26(3)4)60(56-21-20-43-7)59-34-23-35(57-27(34)5)52-24-44-36-37(47-39(55)29-14-10-8-11-15-29)48-42(49-38(36)52)46-33-22-31(18-19-32(33)45-28(6)54)41-51-50-40(58-41)30-16-12-9-13-17-30/h8-19,22,24-27,34-35H,20-21,23H2,1-6H3,(H,45,54)(H2,46,47,48,49,55)/t27-,34?,35-,60?/m1/s1/i5D. The fourth-order valence-corrected chi connectivity index (χ4v) is 8.42. The lowest BCUT2D eigenvalue weighted by Crippen LogP contribution is -2.35. The van der Waals surface area contributed by atoms with Crippen LogP contribution in [0.15, 0.2) is 89.6 Å². The highest BCUT2D eigenvalue weighted by Gasteiger charge is 2.40. The van der Waals surface area contributed by atoms with Crippen molar-refractivity contribution in [2.75, 3.05) is 29.1 Å². The SMILES string of the molecule is [2H]C[C@H]1O[C@@H](n2cnc3c(NC(=O)c4ccccc4)nc(Nc4cc(-c5nnc(-c6ccccc6)o5)ccc4NC(C)=O)nc32)CC1OP(OCC[N+]#[C-])N(C(C)C)C(C)C. The molecular formula is C42H46N11O6P. The zero-order chi connectivity index (χ0) is 43.0. The average Bonchev–Trinajstić information content (AvgIpc) is 4.01. The molecule has 2 unspecified atom stereocenters. The van der Waals surface area contributed by atoms with E-state index in [0.717, 1.165) is 5.56 Å². The van der Waals surface area contributed by atoms with Crippen LogP contribution in [0.4, 0.5) is 23.1 Å². The minimum absolute atomic E-state index is 0.0564. The van der Waals surface area contributed by atoms with Crippen LogP contribution in [0, 0.1) is 6.57 Å². The maximum Gasteiger partial charge on any atom is 0.259 e. The van der Waals surface area contributed by atoms with E-state index in [9.17, 15) is 9.59 Å². The van der Waals surface area contributed by atoms with Crippen LogP contribution in [-0.2, 0) is 18.6 Å². The van der Waals surface area contributed by atoms with E-state index in [2.05, 4.69) is 68.3 Å². The number of benzene rings is 3. The smallest absolute Gasteiger partial charge is 0.259 e. The van der Waals surface area contributed by atoms with Gasteiger partial charge in [0.05, 0.1) is 29.9 Å². The highest BCUT2D eigenvalue weighted by atomic mass is 31.2. The number of hydrogen-bond acceptors (Lipinski definition) is 13. The topological polar surface area (TPSA) is 188 Å². The van der Waals surface area contributed by atoms with E-state index in [1.54, 1.807) is 53.4 Å². The number of amides is 2. The minimum Gasteiger partial charge on any atom is -0.416 e. The Bertz CT molecular complexity index is 2490. The van der Waals surface area contributed by atoms with Gasteiger partial charge in [0.1, 0.15) is 12.8 Å². The van der Waals surface area contributed by atoms with E-state index in [0.29, 0.717) is 40.5 Å². The number of ether oxygens (including phenoxy) is 1. The van der Waals surface area contributed by atoms with E-state index in [1.165, 1.54) is 6.92 Å². The van der Waals surface area contributed by atoms with E-state index in [-0.39, 0.29) is 61.2 Å². The molecular weight excluding hydrogens is 786 g/mol. The first-order chi connectivity index (χ1) is 29.5. The summed E-state index contributed by atoms with van der Waals surface area (Å²) in [7, 11) is -1.61. The third kappa shape index (κ3) is 9.65. The Balaban J connectivity index is 1.25. The van der Waals surface area contributed by atoms with Gasteiger partial charge in [-0.15, -0.1) is 10.2 Å². The van der Waals surface area contributed by atoms with Crippen molar-refractivity contribution in [1.82, 2.24) is 34.4 Å². The van der Waals surface area contributed by atoms with Crippen molar-refractivity contribution < 1.29 is 29.2 Å². The van der Waals surface area contributed by atoms with Gasteiger partial charge in [-0.3, -0.25) is 14.2 Å². The van der Waals surface area contributed by atoms with Crippen molar-refractivity contribution in [2.45, 2.75) is 78.5 Å². The number of hydrogen-bond donors (Lipinski definition) is 3. The molecule has 1 aliphatic heterocycles. The highest BCUT2D eigenvalue weighted by molar-refractivity contribution is 7.44. The molecule has 17 nitrogen and oxygen atoms in total. The molecule has 60 heavy (non-hydrogen) atoms. The number of fused-ring (bicyclic) bond motifs is 1. The van der Waals surface area contributed by atoms with E-state index >= 15 is 0 Å². The summed E-state index contributed by atoms with van der Waals surface area (Å²) < 4.78 is 37.6. The van der Waals surface area contributed by atoms with Gasteiger partial charge >= 0.3 is 0 Å². The van der Waals surface area contributed by atoms with E-state index < -0.39 is 32.9 Å². The molecule has 7 rings (SSSR count). The van der Waals surface area contributed by atoms with Gasteiger partial charge < -0.3 is 39.0 Å². The number of aromatic nitrogens is 6. The Morgan fingerprint density at radius 1 is 0.983 bits per heavy atom. The van der Waals surface area contributed by atoms with Crippen LogP contribution in [-0.4, -0.2) is 83.6 Å². The molecule has 0 radical (unpaired) electrons. The van der Waals surface area contributed by atoms with Crippen molar-refractivity contribution in [3.63, 3.8) is 0 Å². The van der Waals surface area contributed by atoms with Gasteiger partial charge in [0.2, 0.25) is 30.2 Å². The number of anilines is 4. The van der Waals surface area contributed by atoms with Gasteiger partial charge in [0, 0.05) is 43.5 Å². The van der Waals surface area contributed by atoms with Crippen LogP contribution in [0.25, 0.3) is 38.9 Å². The second-order valence-corrected chi connectivity index (χ2v) is 15.8. The van der Waals surface area contributed by atoms with Crippen molar-refractivity contribution in [3.05, 3.63) is 102 Å². The Morgan fingerprint density at radius 2 is 1.70 bits per heavy atom. The summed E-state index contributed by atoms with van der Waals surface area (Å²) in [4.78, 5) is 43.6. The third-order valence-corrected chi connectivity index (χ3v) is 11.5. The Kier molecular flexibility index (Phi) is 12.8. The Morgan fingerprint density at radius 3 is 2.38 bits per heavy atom. The predicted molar refractivity (Wildman–Crippen MR) is 228 cm³/mol. The number of rotatable bonds is 16. The fraction of sp³-hybridized carbons (Fsp3) is 0.333. The van der Waals surface area contributed by atoms with Crippen molar-refractivity contribution in [3.8, 4) is 22.9 Å². The van der Waals surface area contributed by atoms with Crippen LogP contribution in [0.3, 0.4) is 0 Å². The first-order valence-corrected chi connectivity index (χ1v) is 20.5. The van der Waals surface area contributed by atoms with Crippen LogP contribution in [0.2, 0.25) is 0 Å². The molecule has 1 saturated heterocycles. The number of imidazole rings is 1. The first kappa shape index (κ1) is 40.6. The first-order valence-electron chi connectivity index (χ1n) is 20.1. The monoisotopic (exact) mass is 832 g/mol. The summed E-state index contributed by atoms with van der Waals surface area (Å²) in [6, 6.07) is 23.4. The van der Waals surface area contributed by atoms with Crippen LogP contribution >= 0.6 is 8.53 Å². The molecule has 0 aliphatic carbocycles. The largest absolute Gasteiger partial charge is 0.416 e. The third-order valence-electron chi connectivity index (χ3n) is 9.33. The molecule has 2 amide bonds. The van der Waals surface area contributed by atoms with Crippen molar-refractivity contribution in [1.29, 1.82) is 0 Å². The maximum absolute atomic E-state index is 13.6. The normalized spacial score (nSPS) is 17.2. The highest BCUT2D eigenvalue weighted by Crippen LogP contribution is 2.50. The molecule has 0 bridgehead atoms. The number of carbonyl (C=O) groups is 2. The number of nitrogens with zero attached hydrogens (tertiary/aromatic N) is 8. The van der Waals surface area contributed by atoms with Gasteiger partial charge in [-0.1, -0.05) is 36.4 Å². The maximum atomic E-state index is 13.6. The quantitative estimate of drug-likeness (QED) is 0.0479. The molecule has 4 heterocycles. The molecule has 3 aromatic carbocycles. The number of nitrogens with one attached hydrogen (secondary N) is 3. The van der Waals surface area contributed by atoms with Gasteiger partial charge in [-0.25, -0.2) is 16.2 Å². The van der Waals surface area contributed by atoms with E-state index in [1.807, 2.05) is 36.4 Å². The predicted octanol–water partition coefficient (Wildman–Crippen LogP) is 8.47. The summed E-state index contributed by atoms with van der Waals surface area (Å²) in [6.45, 7) is 17.2. The zero-order valence-corrected chi connectivity index (χ0v) is 34.7. The van der Waals surface area contributed by atoms with Crippen LogP contribution in [0.5, 0.6) is 0 Å². The molecule has 3 aromatic heterocycles. The lowest BCUT2D eigenvalue weighted by atomic mass is 10.1. The van der Waals surface area contributed by atoms with Gasteiger partial charge in [0.25, 0.3) is 14.4 Å². The minimum atomic E-state index is -1.61. The van der Waals surface area contributed by atoms with Crippen LogP contribution in [0.1, 0.15) is 65.9 Å². The summed E-state index contributed by atoms with van der Waals surface area (Å²) in [5.41, 5.74) is 3.12. The fourth-order valence-electron chi connectivity index (χ4n) is 6.67. The molecule has 18 heteroatoms. The Hall–Kier alpha value is -6.15. The van der Waals surface area contributed by atoms with Gasteiger partial charge in [0.15, 0.2) is 17.0 Å². The zero-order valence-electron chi connectivity index (χ0n) is 34.8. The number of carbonyl (C=O) groups excluding carboxylic acids is 2. The van der Waals surface area contributed by atoms with Crippen molar-refractivity contribution >= 4 is 54.6 Å². The Labute approximate surface area is 350 Å². The molecule has 3 N–H and O–H groups in total. The van der Waals surface area contributed by atoms with E-state index in [4.69, 9.17) is 36.1 Å².